The smallest absolute Gasteiger partial charge is 0.423 e. The van der Waals surface area contributed by atoms with E-state index in [9.17, 15) is 20.2 Å². The maximum absolute atomic E-state index is 11.5. The molecule has 0 saturated carbocycles. The molecule has 4 rings (SSSR count). The van der Waals surface area contributed by atoms with Gasteiger partial charge in [0.15, 0.2) is 0 Å². The first-order valence-electron chi connectivity index (χ1n) is 9.28. The topological polar surface area (TPSA) is 99.4 Å². The van der Waals surface area contributed by atoms with Crippen LogP contribution < -0.4 is 5.46 Å². The lowest BCUT2D eigenvalue weighted by Crippen LogP contribution is -2.29. The quantitative estimate of drug-likeness (QED) is 0.270. The van der Waals surface area contributed by atoms with Crippen molar-refractivity contribution >= 4 is 23.5 Å². The van der Waals surface area contributed by atoms with Crippen LogP contribution in [-0.2, 0) is 0 Å². The number of nitrogens with one attached hydrogen (secondary N) is 1. The molecule has 0 aliphatic carbocycles. The average Bonchev–Trinajstić information content (AvgIpc) is 3.12. The zero-order valence-corrected chi connectivity index (χ0v) is 15.5. The van der Waals surface area contributed by atoms with Crippen molar-refractivity contribution in [2.24, 2.45) is 0 Å². The van der Waals surface area contributed by atoms with Crippen LogP contribution in [0.15, 0.2) is 78.9 Å². The summed E-state index contributed by atoms with van der Waals surface area (Å²) in [7, 11) is -1.54. The second-order valence-electron chi connectivity index (χ2n) is 6.93. The Kier molecular flexibility index (Phi) is 5.16. The number of nitrogens with zero attached hydrogens (tertiary/aromatic N) is 1. The van der Waals surface area contributed by atoms with E-state index in [1.54, 1.807) is 24.3 Å². The molecule has 0 aliphatic heterocycles. The van der Waals surface area contributed by atoms with Crippen molar-refractivity contribution in [2.45, 2.75) is 5.92 Å². The van der Waals surface area contributed by atoms with Crippen LogP contribution in [0.2, 0.25) is 0 Å². The van der Waals surface area contributed by atoms with Crippen LogP contribution in [0, 0.1) is 10.1 Å². The standard InChI is InChI=1S/C22H19BN2O4/c26-23(27)17-12-10-16(11-13-17)22-21(18-8-4-5-9-20(18)24-22)19(14-25(28)29)15-6-2-1-3-7-15/h1-13,19,24,26-27H,14H2. The SMILES string of the molecule is O=[N+]([O-])CC(c1ccccc1)c1c(-c2ccc(B(O)O)cc2)[nH]c2ccccc12. The Balaban J connectivity index is 1.94. The minimum Gasteiger partial charge on any atom is -0.423 e. The van der Waals surface area contributed by atoms with Gasteiger partial charge in [0.05, 0.1) is 11.6 Å². The fourth-order valence-corrected chi connectivity index (χ4v) is 3.77. The zero-order chi connectivity index (χ0) is 20.4. The third kappa shape index (κ3) is 3.78. The lowest BCUT2D eigenvalue weighted by molar-refractivity contribution is -0.481. The number of fused-ring (bicyclic) bond motifs is 1. The van der Waals surface area contributed by atoms with Crippen LogP contribution in [0.25, 0.3) is 22.2 Å². The number of aromatic nitrogens is 1. The van der Waals surface area contributed by atoms with Gasteiger partial charge >= 0.3 is 7.12 Å². The Morgan fingerprint density at radius 1 is 0.931 bits per heavy atom. The minimum absolute atomic E-state index is 0.230. The molecule has 0 bridgehead atoms. The number of benzene rings is 3. The molecule has 1 aromatic heterocycles. The van der Waals surface area contributed by atoms with Gasteiger partial charge in [-0.05, 0) is 28.2 Å². The molecule has 7 heteroatoms. The molecule has 3 N–H and O–H groups in total. The first kappa shape index (κ1) is 18.9. The summed E-state index contributed by atoms with van der Waals surface area (Å²) in [4.78, 5) is 14.6. The first-order valence-corrected chi connectivity index (χ1v) is 9.28. The van der Waals surface area contributed by atoms with Crippen molar-refractivity contribution in [3.8, 4) is 11.3 Å². The van der Waals surface area contributed by atoms with Crippen molar-refractivity contribution in [1.29, 1.82) is 0 Å². The van der Waals surface area contributed by atoms with Crippen molar-refractivity contribution in [2.75, 3.05) is 6.54 Å². The Hall–Kier alpha value is -3.42. The van der Waals surface area contributed by atoms with Gasteiger partial charge in [-0.25, -0.2) is 0 Å². The summed E-state index contributed by atoms with van der Waals surface area (Å²) < 4.78 is 0. The van der Waals surface area contributed by atoms with Gasteiger partial charge in [0.25, 0.3) is 0 Å². The number of rotatable bonds is 6. The van der Waals surface area contributed by atoms with E-state index in [0.29, 0.717) is 5.46 Å². The van der Waals surface area contributed by atoms with Gasteiger partial charge < -0.3 is 15.0 Å². The molecule has 0 amide bonds. The van der Waals surface area contributed by atoms with Crippen LogP contribution >= 0.6 is 0 Å². The highest BCUT2D eigenvalue weighted by molar-refractivity contribution is 6.58. The highest BCUT2D eigenvalue weighted by Gasteiger charge is 2.27. The largest absolute Gasteiger partial charge is 0.488 e. The molecule has 144 valence electrons. The van der Waals surface area contributed by atoms with Gasteiger partial charge in [-0.2, -0.15) is 0 Å². The molecule has 4 aromatic rings. The molecule has 1 atom stereocenters. The molecule has 0 spiro atoms. The van der Waals surface area contributed by atoms with Crippen molar-refractivity contribution in [3.63, 3.8) is 0 Å². The number of nitro groups is 1. The number of para-hydroxylation sites is 1. The molecule has 0 saturated heterocycles. The third-order valence-corrected chi connectivity index (χ3v) is 5.13. The molecule has 1 unspecified atom stereocenters. The molecule has 0 radical (unpaired) electrons. The lowest BCUT2D eigenvalue weighted by atomic mass is 9.79. The van der Waals surface area contributed by atoms with Gasteiger partial charge in [-0.15, -0.1) is 0 Å². The van der Waals surface area contributed by atoms with Crippen LogP contribution in [0.5, 0.6) is 0 Å². The number of hydrogen-bond donors (Lipinski definition) is 3. The Morgan fingerprint density at radius 2 is 1.59 bits per heavy atom. The fraction of sp³-hybridized carbons (Fsp3) is 0.0909. The van der Waals surface area contributed by atoms with Crippen molar-refractivity contribution < 1.29 is 15.0 Å². The predicted octanol–water partition coefficient (Wildman–Crippen LogP) is 2.92. The van der Waals surface area contributed by atoms with Crippen LogP contribution in [0.4, 0.5) is 0 Å². The number of hydrogen-bond acceptors (Lipinski definition) is 4. The van der Waals surface area contributed by atoms with E-state index in [2.05, 4.69) is 4.98 Å². The summed E-state index contributed by atoms with van der Waals surface area (Å²) in [5.41, 5.74) is 4.63. The summed E-state index contributed by atoms with van der Waals surface area (Å²) in [6, 6.07) is 24.1. The second-order valence-corrected chi connectivity index (χ2v) is 6.93. The summed E-state index contributed by atoms with van der Waals surface area (Å²) in [6.45, 7) is -0.230. The van der Waals surface area contributed by atoms with Crippen molar-refractivity contribution in [3.05, 3.63) is 100 Å². The van der Waals surface area contributed by atoms with Crippen molar-refractivity contribution in [1.82, 2.24) is 4.98 Å². The highest BCUT2D eigenvalue weighted by atomic mass is 16.6. The third-order valence-electron chi connectivity index (χ3n) is 5.13. The second kappa shape index (κ2) is 7.91. The fourth-order valence-electron chi connectivity index (χ4n) is 3.77. The molecule has 29 heavy (non-hydrogen) atoms. The molecule has 0 fully saturated rings. The summed E-state index contributed by atoms with van der Waals surface area (Å²) in [5, 5.41) is 31.2. The summed E-state index contributed by atoms with van der Waals surface area (Å²) in [6.07, 6.45) is 0. The summed E-state index contributed by atoms with van der Waals surface area (Å²) >= 11 is 0. The first-order chi connectivity index (χ1) is 14.0. The minimum atomic E-state index is -1.54. The summed E-state index contributed by atoms with van der Waals surface area (Å²) in [5.74, 6) is -0.430. The van der Waals surface area contributed by atoms with E-state index in [1.165, 1.54) is 0 Å². The van der Waals surface area contributed by atoms with Crippen LogP contribution in [0.1, 0.15) is 17.0 Å². The van der Waals surface area contributed by atoms with Crippen LogP contribution in [-0.4, -0.2) is 33.6 Å². The van der Waals surface area contributed by atoms with E-state index in [0.717, 1.165) is 33.3 Å². The Labute approximate surface area is 167 Å². The Morgan fingerprint density at radius 3 is 2.24 bits per heavy atom. The zero-order valence-electron chi connectivity index (χ0n) is 15.5. The van der Waals surface area contributed by atoms with Gasteiger partial charge in [-0.1, -0.05) is 72.8 Å². The molecule has 1 heterocycles. The molecular formula is C22H19BN2O4. The predicted molar refractivity (Wildman–Crippen MR) is 114 cm³/mol. The van der Waals surface area contributed by atoms with E-state index >= 15 is 0 Å². The van der Waals surface area contributed by atoms with E-state index in [-0.39, 0.29) is 11.5 Å². The average molecular weight is 386 g/mol. The highest BCUT2D eigenvalue weighted by Crippen LogP contribution is 2.38. The maximum Gasteiger partial charge on any atom is 0.488 e. The Bertz CT molecular complexity index is 1140. The van der Waals surface area contributed by atoms with Gasteiger partial charge in [0, 0.05) is 15.8 Å². The van der Waals surface area contributed by atoms with Gasteiger partial charge in [0.1, 0.15) is 0 Å². The van der Waals surface area contributed by atoms with Crippen LogP contribution in [0.3, 0.4) is 0 Å². The van der Waals surface area contributed by atoms with E-state index in [4.69, 9.17) is 0 Å². The lowest BCUT2D eigenvalue weighted by Gasteiger charge is -2.16. The molecule has 3 aromatic carbocycles. The number of H-pyrrole nitrogens is 1. The molecular weight excluding hydrogens is 367 g/mol. The normalized spacial score (nSPS) is 12.1. The van der Waals surface area contributed by atoms with E-state index < -0.39 is 13.0 Å². The molecule has 6 nitrogen and oxygen atoms in total. The maximum atomic E-state index is 11.5. The number of aromatic amines is 1. The van der Waals surface area contributed by atoms with Gasteiger partial charge in [0.2, 0.25) is 6.54 Å². The monoisotopic (exact) mass is 386 g/mol. The van der Waals surface area contributed by atoms with E-state index in [1.807, 2.05) is 54.6 Å². The van der Waals surface area contributed by atoms with Gasteiger partial charge in [-0.3, -0.25) is 10.1 Å². The molecule has 0 aliphatic rings.